The molecule has 0 aliphatic heterocycles. The molecule has 6 nitrogen and oxygen atoms in total. The molecule has 0 fully saturated rings. The summed E-state index contributed by atoms with van der Waals surface area (Å²) in [6.45, 7) is 1.81. The molecule has 0 saturated heterocycles. The van der Waals surface area contributed by atoms with Gasteiger partial charge in [-0.2, -0.15) is 5.10 Å². The van der Waals surface area contributed by atoms with Crippen LogP contribution >= 0.6 is 11.3 Å². The standard InChI is InChI=1S/C20H19N3O3S/c1-13-18(27-20(22-13)14-7-5-4-6-8-14)19(24)23-21-12-15-11-16(25-2)9-10-17(15)26-3/h4-12H,1-3H3,(H,23,24)/b21-12+. The summed E-state index contributed by atoms with van der Waals surface area (Å²) in [5.74, 6) is 1.01. The third-order valence-corrected chi connectivity index (χ3v) is 5.04. The highest BCUT2D eigenvalue weighted by atomic mass is 32.1. The number of carbonyl (C=O) groups excluding carboxylic acids is 1. The maximum absolute atomic E-state index is 12.5. The molecule has 3 aromatic rings. The number of rotatable bonds is 6. The van der Waals surface area contributed by atoms with E-state index in [0.717, 1.165) is 10.6 Å². The van der Waals surface area contributed by atoms with E-state index in [0.29, 0.717) is 27.6 Å². The van der Waals surface area contributed by atoms with E-state index in [2.05, 4.69) is 15.5 Å². The maximum Gasteiger partial charge on any atom is 0.283 e. The second-order valence-corrected chi connectivity index (χ2v) is 6.61. The first kappa shape index (κ1) is 18.6. The van der Waals surface area contributed by atoms with Crippen molar-refractivity contribution >= 4 is 23.5 Å². The molecule has 1 heterocycles. The monoisotopic (exact) mass is 381 g/mol. The molecule has 0 aliphatic carbocycles. The fraction of sp³-hybridized carbons (Fsp3) is 0.150. The summed E-state index contributed by atoms with van der Waals surface area (Å²) in [6, 6.07) is 15.1. The number of thiazole rings is 1. The lowest BCUT2D eigenvalue weighted by Gasteiger charge is -2.06. The van der Waals surface area contributed by atoms with Crippen LogP contribution in [-0.2, 0) is 0 Å². The normalized spacial score (nSPS) is 10.8. The Bertz CT molecular complexity index is 968. The molecular weight excluding hydrogens is 362 g/mol. The first-order valence-electron chi connectivity index (χ1n) is 8.20. The lowest BCUT2D eigenvalue weighted by atomic mass is 10.2. The van der Waals surface area contributed by atoms with Crippen molar-refractivity contribution in [2.75, 3.05) is 14.2 Å². The molecule has 0 atom stereocenters. The van der Waals surface area contributed by atoms with Gasteiger partial charge in [0.25, 0.3) is 5.91 Å². The molecule has 138 valence electrons. The summed E-state index contributed by atoms with van der Waals surface area (Å²) >= 11 is 1.34. The molecular formula is C20H19N3O3S. The Morgan fingerprint density at radius 1 is 1.15 bits per heavy atom. The first-order valence-corrected chi connectivity index (χ1v) is 9.02. The fourth-order valence-corrected chi connectivity index (χ4v) is 3.42. The fourth-order valence-electron chi connectivity index (χ4n) is 2.46. The van der Waals surface area contributed by atoms with Gasteiger partial charge in [0.2, 0.25) is 0 Å². The van der Waals surface area contributed by atoms with Crippen LogP contribution in [-0.4, -0.2) is 31.3 Å². The SMILES string of the molecule is COc1ccc(OC)c(/C=N/NC(=O)c2sc(-c3ccccc3)nc2C)c1. The highest BCUT2D eigenvalue weighted by Crippen LogP contribution is 2.27. The van der Waals surface area contributed by atoms with Gasteiger partial charge in [0, 0.05) is 11.1 Å². The number of benzene rings is 2. The molecule has 0 aliphatic rings. The van der Waals surface area contributed by atoms with E-state index in [1.165, 1.54) is 17.6 Å². The molecule has 1 N–H and O–H groups in total. The summed E-state index contributed by atoms with van der Waals surface area (Å²) in [5.41, 5.74) is 4.90. The largest absolute Gasteiger partial charge is 0.497 e. The molecule has 0 radical (unpaired) electrons. The zero-order valence-electron chi connectivity index (χ0n) is 15.2. The third kappa shape index (κ3) is 4.32. The number of ether oxygens (including phenoxy) is 2. The minimum absolute atomic E-state index is 0.301. The number of nitrogens with zero attached hydrogens (tertiary/aromatic N) is 2. The van der Waals surface area contributed by atoms with Gasteiger partial charge in [-0.1, -0.05) is 30.3 Å². The average molecular weight is 381 g/mol. The Kier molecular flexibility index (Phi) is 5.83. The van der Waals surface area contributed by atoms with Crippen LogP contribution in [0.4, 0.5) is 0 Å². The van der Waals surface area contributed by atoms with E-state index in [4.69, 9.17) is 9.47 Å². The van der Waals surface area contributed by atoms with Crippen LogP contribution in [0.1, 0.15) is 20.9 Å². The van der Waals surface area contributed by atoms with Crippen molar-refractivity contribution < 1.29 is 14.3 Å². The maximum atomic E-state index is 12.5. The number of carbonyl (C=O) groups is 1. The topological polar surface area (TPSA) is 72.8 Å². The Morgan fingerprint density at radius 3 is 2.63 bits per heavy atom. The number of hydrogen-bond donors (Lipinski definition) is 1. The van der Waals surface area contributed by atoms with Gasteiger partial charge in [-0.3, -0.25) is 4.79 Å². The second kappa shape index (κ2) is 8.46. The van der Waals surface area contributed by atoms with Gasteiger partial charge >= 0.3 is 0 Å². The molecule has 7 heteroatoms. The number of aromatic nitrogens is 1. The molecule has 0 spiro atoms. The van der Waals surface area contributed by atoms with Crippen molar-refractivity contribution in [2.24, 2.45) is 5.10 Å². The summed E-state index contributed by atoms with van der Waals surface area (Å²) in [6.07, 6.45) is 1.52. The highest BCUT2D eigenvalue weighted by molar-refractivity contribution is 7.17. The molecule has 0 saturated carbocycles. The van der Waals surface area contributed by atoms with Gasteiger partial charge in [0.15, 0.2) is 0 Å². The summed E-state index contributed by atoms with van der Waals surface area (Å²) in [7, 11) is 3.16. The van der Waals surface area contributed by atoms with Gasteiger partial charge < -0.3 is 9.47 Å². The average Bonchev–Trinajstić information content (AvgIpc) is 3.10. The Morgan fingerprint density at radius 2 is 1.93 bits per heavy atom. The van der Waals surface area contributed by atoms with E-state index in [1.807, 2.05) is 37.3 Å². The lowest BCUT2D eigenvalue weighted by Crippen LogP contribution is -2.17. The summed E-state index contributed by atoms with van der Waals surface area (Å²) in [4.78, 5) is 17.5. The van der Waals surface area contributed by atoms with Crippen LogP contribution in [0.25, 0.3) is 10.6 Å². The van der Waals surface area contributed by atoms with Gasteiger partial charge in [0.05, 0.1) is 26.1 Å². The molecule has 1 amide bonds. The molecule has 2 aromatic carbocycles. The van der Waals surface area contributed by atoms with Crippen LogP contribution in [0, 0.1) is 6.92 Å². The predicted molar refractivity (Wildman–Crippen MR) is 107 cm³/mol. The Hall–Kier alpha value is -3.19. The number of amides is 1. The van der Waals surface area contributed by atoms with Gasteiger partial charge in [-0.25, -0.2) is 10.4 Å². The zero-order valence-corrected chi connectivity index (χ0v) is 16.0. The van der Waals surface area contributed by atoms with Crippen LogP contribution < -0.4 is 14.9 Å². The van der Waals surface area contributed by atoms with E-state index in [1.54, 1.807) is 32.4 Å². The third-order valence-electron chi connectivity index (χ3n) is 3.83. The van der Waals surface area contributed by atoms with Gasteiger partial charge in [-0.05, 0) is 25.1 Å². The van der Waals surface area contributed by atoms with Gasteiger partial charge in [-0.15, -0.1) is 11.3 Å². The minimum Gasteiger partial charge on any atom is -0.497 e. The zero-order chi connectivity index (χ0) is 19.2. The second-order valence-electron chi connectivity index (χ2n) is 5.61. The Labute approximate surface area is 161 Å². The number of nitrogens with one attached hydrogen (secondary N) is 1. The quantitative estimate of drug-likeness (QED) is 0.519. The molecule has 0 bridgehead atoms. The summed E-state index contributed by atoms with van der Waals surface area (Å²) < 4.78 is 10.5. The van der Waals surface area contributed by atoms with Crippen molar-refractivity contribution in [1.29, 1.82) is 0 Å². The van der Waals surface area contributed by atoms with E-state index in [-0.39, 0.29) is 5.91 Å². The Balaban J connectivity index is 1.75. The highest BCUT2D eigenvalue weighted by Gasteiger charge is 2.15. The van der Waals surface area contributed by atoms with E-state index >= 15 is 0 Å². The van der Waals surface area contributed by atoms with Crippen molar-refractivity contribution in [2.45, 2.75) is 6.92 Å². The van der Waals surface area contributed by atoms with Crippen molar-refractivity contribution in [1.82, 2.24) is 10.4 Å². The van der Waals surface area contributed by atoms with Crippen molar-refractivity contribution in [3.05, 3.63) is 64.7 Å². The first-order chi connectivity index (χ1) is 13.1. The van der Waals surface area contributed by atoms with Crippen molar-refractivity contribution in [3.8, 4) is 22.1 Å². The van der Waals surface area contributed by atoms with Crippen molar-refractivity contribution in [3.63, 3.8) is 0 Å². The molecule has 1 aromatic heterocycles. The molecule has 0 unspecified atom stereocenters. The van der Waals surface area contributed by atoms with Gasteiger partial charge in [0.1, 0.15) is 21.4 Å². The summed E-state index contributed by atoms with van der Waals surface area (Å²) in [5, 5.41) is 4.85. The number of hydrazone groups is 1. The van der Waals surface area contributed by atoms with Crippen LogP contribution in [0.3, 0.4) is 0 Å². The van der Waals surface area contributed by atoms with E-state index < -0.39 is 0 Å². The number of hydrogen-bond acceptors (Lipinski definition) is 6. The molecule has 27 heavy (non-hydrogen) atoms. The lowest BCUT2D eigenvalue weighted by molar-refractivity contribution is 0.0958. The number of methoxy groups -OCH3 is 2. The smallest absolute Gasteiger partial charge is 0.283 e. The van der Waals surface area contributed by atoms with Crippen LogP contribution in [0.5, 0.6) is 11.5 Å². The minimum atomic E-state index is -0.301. The van der Waals surface area contributed by atoms with E-state index in [9.17, 15) is 4.79 Å². The molecule has 3 rings (SSSR count). The van der Waals surface area contributed by atoms with Crippen LogP contribution in [0.2, 0.25) is 0 Å². The van der Waals surface area contributed by atoms with Crippen LogP contribution in [0.15, 0.2) is 53.6 Å². The number of aryl methyl sites for hydroxylation is 1. The predicted octanol–water partition coefficient (Wildman–Crippen LogP) is 3.90.